The van der Waals surface area contributed by atoms with Crippen molar-refractivity contribution in [2.75, 3.05) is 54.0 Å². The summed E-state index contributed by atoms with van der Waals surface area (Å²) < 4.78 is 1.86. The number of hydrogen-bond donors (Lipinski definition) is 0. The molecule has 2 aromatic heterocycles. The lowest BCUT2D eigenvalue weighted by molar-refractivity contribution is 0.639. The van der Waals surface area contributed by atoms with Crippen molar-refractivity contribution < 1.29 is 0 Å². The third-order valence-corrected chi connectivity index (χ3v) is 5.65. The van der Waals surface area contributed by atoms with Crippen molar-refractivity contribution in [1.82, 2.24) is 19.7 Å². The van der Waals surface area contributed by atoms with Gasteiger partial charge >= 0.3 is 0 Å². The molecule has 0 aliphatic carbocycles. The number of aromatic nitrogens is 4. The van der Waals surface area contributed by atoms with Gasteiger partial charge in [0.1, 0.15) is 5.82 Å². The number of anilines is 3. The van der Waals surface area contributed by atoms with Gasteiger partial charge in [0.05, 0.1) is 11.6 Å². The second-order valence-electron chi connectivity index (χ2n) is 7.36. The molecule has 2 aliphatic heterocycles. The van der Waals surface area contributed by atoms with Crippen LogP contribution in [0.2, 0.25) is 0 Å². The predicted molar refractivity (Wildman–Crippen MR) is 109 cm³/mol. The quantitative estimate of drug-likeness (QED) is 0.712. The van der Waals surface area contributed by atoms with E-state index >= 15 is 0 Å². The van der Waals surface area contributed by atoms with E-state index in [-0.39, 0.29) is 0 Å². The Labute approximate surface area is 159 Å². The summed E-state index contributed by atoms with van der Waals surface area (Å²) >= 11 is 0. The molecule has 0 spiro atoms. The topological polar surface area (TPSA) is 53.3 Å². The standard InChI is InChI=1S/C20H25N7/c1-24-18-17(15-21-24)19(26-9-5-6-10-26)23-20(22-18)27-13-11-25(12-14-27)16-7-3-2-4-8-16/h2-4,7-8,15H,5-6,9-14H2,1H3. The van der Waals surface area contributed by atoms with Gasteiger partial charge in [0.15, 0.2) is 5.65 Å². The highest BCUT2D eigenvalue weighted by Crippen LogP contribution is 2.29. The third-order valence-electron chi connectivity index (χ3n) is 5.65. The number of rotatable bonds is 3. The summed E-state index contributed by atoms with van der Waals surface area (Å²) in [5.41, 5.74) is 2.21. The van der Waals surface area contributed by atoms with Crippen LogP contribution in [0.3, 0.4) is 0 Å². The number of para-hydroxylation sites is 1. The van der Waals surface area contributed by atoms with Crippen LogP contribution in [0, 0.1) is 0 Å². The minimum atomic E-state index is 0.834. The van der Waals surface area contributed by atoms with Gasteiger partial charge in [-0.1, -0.05) is 18.2 Å². The molecule has 2 aliphatic rings. The largest absolute Gasteiger partial charge is 0.368 e. The second-order valence-corrected chi connectivity index (χ2v) is 7.36. The normalized spacial score (nSPS) is 17.9. The smallest absolute Gasteiger partial charge is 0.229 e. The Morgan fingerprint density at radius 1 is 0.778 bits per heavy atom. The Morgan fingerprint density at radius 2 is 1.48 bits per heavy atom. The fraction of sp³-hybridized carbons (Fsp3) is 0.450. The molecule has 0 bridgehead atoms. The van der Waals surface area contributed by atoms with Crippen molar-refractivity contribution in [3.63, 3.8) is 0 Å². The maximum absolute atomic E-state index is 4.99. The zero-order valence-electron chi connectivity index (χ0n) is 15.8. The highest BCUT2D eigenvalue weighted by atomic mass is 15.4. The lowest BCUT2D eigenvalue weighted by Gasteiger charge is -2.36. The molecule has 4 heterocycles. The number of benzene rings is 1. The van der Waals surface area contributed by atoms with Gasteiger partial charge in [-0.2, -0.15) is 15.1 Å². The van der Waals surface area contributed by atoms with Gasteiger partial charge in [0.25, 0.3) is 0 Å². The van der Waals surface area contributed by atoms with Crippen molar-refractivity contribution >= 4 is 28.5 Å². The molecule has 1 aromatic carbocycles. The van der Waals surface area contributed by atoms with E-state index in [9.17, 15) is 0 Å². The molecular formula is C20H25N7. The summed E-state index contributed by atoms with van der Waals surface area (Å²) in [6.45, 7) is 5.96. The van der Waals surface area contributed by atoms with Crippen LogP contribution >= 0.6 is 0 Å². The Hall–Kier alpha value is -2.83. The Balaban J connectivity index is 1.43. The van der Waals surface area contributed by atoms with Crippen molar-refractivity contribution in [1.29, 1.82) is 0 Å². The first-order valence-electron chi connectivity index (χ1n) is 9.79. The fourth-order valence-electron chi connectivity index (χ4n) is 4.11. The molecule has 7 nitrogen and oxygen atoms in total. The van der Waals surface area contributed by atoms with Crippen molar-refractivity contribution in [3.05, 3.63) is 36.5 Å². The minimum absolute atomic E-state index is 0.834. The Bertz CT molecular complexity index is 922. The first-order chi connectivity index (χ1) is 13.3. The summed E-state index contributed by atoms with van der Waals surface area (Å²) in [5, 5.41) is 5.49. The highest BCUT2D eigenvalue weighted by Gasteiger charge is 2.24. The second kappa shape index (κ2) is 6.72. The summed E-state index contributed by atoms with van der Waals surface area (Å²) in [7, 11) is 1.96. The molecule has 0 saturated carbocycles. The van der Waals surface area contributed by atoms with Crippen molar-refractivity contribution in [3.8, 4) is 0 Å². The fourth-order valence-corrected chi connectivity index (χ4v) is 4.11. The van der Waals surface area contributed by atoms with Crippen LogP contribution in [0.25, 0.3) is 11.0 Å². The van der Waals surface area contributed by atoms with E-state index in [0.29, 0.717) is 0 Å². The summed E-state index contributed by atoms with van der Waals surface area (Å²) in [4.78, 5) is 17.0. The first kappa shape index (κ1) is 16.4. The summed E-state index contributed by atoms with van der Waals surface area (Å²) in [5.74, 6) is 1.88. The van der Waals surface area contributed by atoms with Crippen LogP contribution in [-0.4, -0.2) is 59.0 Å². The van der Waals surface area contributed by atoms with Gasteiger partial charge in [-0.25, -0.2) is 0 Å². The molecule has 140 valence electrons. The lowest BCUT2D eigenvalue weighted by Crippen LogP contribution is -2.47. The maximum Gasteiger partial charge on any atom is 0.229 e. The molecule has 0 amide bonds. The van der Waals surface area contributed by atoms with Crippen LogP contribution < -0.4 is 14.7 Å². The SMILES string of the molecule is Cn1ncc2c(N3CCCC3)nc(N3CCN(c4ccccc4)CC3)nc21. The average Bonchev–Trinajstić information content (AvgIpc) is 3.39. The van der Waals surface area contributed by atoms with Crippen LogP contribution in [0.5, 0.6) is 0 Å². The van der Waals surface area contributed by atoms with Crippen LogP contribution in [0.15, 0.2) is 36.5 Å². The number of fused-ring (bicyclic) bond motifs is 1. The van der Waals surface area contributed by atoms with Gasteiger partial charge in [0.2, 0.25) is 5.95 Å². The molecule has 0 atom stereocenters. The van der Waals surface area contributed by atoms with E-state index in [4.69, 9.17) is 9.97 Å². The minimum Gasteiger partial charge on any atom is -0.368 e. The number of piperazine rings is 1. The zero-order valence-corrected chi connectivity index (χ0v) is 15.8. The van der Waals surface area contributed by atoms with E-state index in [2.05, 4.69) is 50.1 Å². The third kappa shape index (κ3) is 2.97. The van der Waals surface area contributed by atoms with Gasteiger partial charge in [-0.3, -0.25) is 4.68 Å². The van der Waals surface area contributed by atoms with Gasteiger partial charge in [0, 0.05) is 52.0 Å². The van der Waals surface area contributed by atoms with E-state index < -0.39 is 0 Å². The summed E-state index contributed by atoms with van der Waals surface area (Å²) in [6, 6.07) is 10.6. The van der Waals surface area contributed by atoms with Gasteiger partial charge in [-0.15, -0.1) is 0 Å². The van der Waals surface area contributed by atoms with Crippen LogP contribution in [0.4, 0.5) is 17.5 Å². The van der Waals surface area contributed by atoms with Crippen LogP contribution in [0.1, 0.15) is 12.8 Å². The van der Waals surface area contributed by atoms with E-state index in [1.165, 1.54) is 18.5 Å². The maximum atomic E-state index is 4.99. The Kier molecular flexibility index (Phi) is 4.07. The van der Waals surface area contributed by atoms with Crippen molar-refractivity contribution in [2.45, 2.75) is 12.8 Å². The lowest BCUT2D eigenvalue weighted by atomic mass is 10.2. The molecule has 0 radical (unpaired) electrons. The number of hydrogen-bond acceptors (Lipinski definition) is 6. The van der Waals surface area contributed by atoms with E-state index in [1.807, 2.05) is 17.9 Å². The van der Waals surface area contributed by atoms with Gasteiger partial charge < -0.3 is 14.7 Å². The number of nitrogens with zero attached hydrogens (tertiary/aromatic N) is 7. The molecular weight excluding hydrogens is 338 g/mol. The highest BCUT2D eigenvalue weighted by molar-refractivity contribution is 5.88. The zero-order chi connectivity index (χ0) is 18.2. The molecule has 3 aromatic rings. The molecule has 27 heavy (non-hydrogen) atoms. The average molecular weight is 363 g/mol. The molecule has 0 unspecified atom stereocenters. The van der Waals surface area contributed by atoms with Gasteiger partial charge in [-0.05, 0) is 25.0 Å². The first-order valence-corrected chi connectivity index (χ1v) is 9.79. The van der Waals surface area contributed by atoms with E-state index in [1.54, 1.807) is 0 Å². The van der Waals surface area contributed by atoms with E-state index in [0.717, 1.165) is 62.1 Å². The molecule has 7 heteroatoms. The molecule has 5 rings (SSSR count). The van der Waals surface area contributed by atoms with Crippen molar-refractivity contribution in [2.24, 2.45) is 7.05 Å². The number of aryl methyl sites for hydroxylation is 1. The van der Waals surface area contributed by atoms with Crippen LogP contribution in [-0.2, 0) is 7.05 Å². The monoisotopic (exact) mass is 363 g/mol. The molecule has 2 fully saturated rings. The molecule has 0 N–H and O–H groups in total. The molecule has 2 saturated heterocycles. The Morgan fingerprint density at radius 3 is 2.22 bits per heavy atom. The predicted octanol–water partition coefficient (Wildman–Crippen LogP) is 2.29. The summed E-state index contributed by atoms with van der Waals surface area (Å²) in [6.07, 6.45) is 4.37.